The Balaban J connectivity index is 1.88. The van der Waals surface area contributed by atoms with Gasteiger partial charge in [0, 0.05) is 44.7 Å². The second-order valence-electron chi connectivity index (χ2n) is 7.04. The Hall–Kier alpha value is -2.27. The molecule has 1 aliphatic rings. The van der Waals surface area contributed by atoms with Crippen LogP contribution in [0, 0.1) is 0 Å². The Kier molecular flexibility index (Phi) is 6.08. The summed E-state index contributed by atoms with van der Waals surface area (Å²) in [4.78, 5) is 28.5. The molecule has 0 spiro atoms. The standard InChI is InChI=1S/C19H24N4O4S2/c1-20-18(25)16-14-9-10-23(4)11-15(14)28-19(16)21-17(24)12-5-7-13(8-6-12)29(26,27)22(2)3/h5-8H,9-11H2,1-4H3,(H,20,25)(H,21,24). The number of anilines is 1. The number of thiophene rings is 1. The first-order chi connectivity index (χ1) is 13.6. The van der Waals surface area contributed by atoms with Crippen LogP contribution in [-0.4, -0.2) is 64.2 Å². The molecule has 1 aromatic carbocycles. The first-order valence-corrected chi connectivity index (χ1v) is 11.3. The van der Waals surface area contributed by atoms with E-state index in [0.717, 1.165) is 34.3 Å². The third-order valence-corrected chi connectivity index (χ3v) is 7.79. The van der Waals surface area contributed by atoms with Crippen molar-refractivity contribution in [2.75, 3.05) is 40.1 Å². The van der Waals surface area contributed by atoms with Crippen LogP contribution in [0.1, 0.15) is 31.2 Å². The Bertz CT molecular complexity index is 1040. The predicted molar refractivity (Wildman–Crippen MR) is 113 cm³/mol. The van der Waals surface area contributed by atoms with Gasteiger partial charge in [0.1, 0.15) is 5.00 Å². The van der Waals surface area contributed by atoms with Crippen LogP contribution in [0.15, 0.2) is 29.2 Å². The van der Waals surface area contributed by atoms with Crippen LogP contribution in [0.5, 0.6) is 0 Å². The van der Waals surface area contributed by atoms with Crippen LogP contribution in [0.3, 0.4) is 0 Å². The number of carbonyl (C=O) groups is 2. The van der Waals surface area contributed by atoms with E-state index in [1.54, 1.807) is 7.05 Å². The molecule has 2 N–H and O–H groups in total. The second kappa shape index (κ2) is 8.23. The number of rotatable bonds is 5. The number of fused-ring (bicyclic) bond motifs is 1. The highest BCUT2D eigenvalue weighted by Crippen LogP contribution is 2.37. The summed E-state index contributed by atoms with van der Waals surface area (Å²) in [6, 6.07) is 5.73. The van der Waals surface area contributed by atoms with Crippen LogP contribution in [0.25, 0.3) is 0 Å². The fourth-order valence-corrected chi connectivity index (χ4v) is 5.37. The van der Waals surface area contributed by atoms with E-state index in [4.69, 9.17) is 0 Å². The zero-order chi connectivity index (χ0) is 21.3. The highest BCUT2D eigenvalue weighted by atomic mass is 32.2. The van der Waals surface area contributed by atoms with Crippen molar-refractivity contribution in [3.05, 3.63) is 45.8 Å². The van der Waals surface area contributed by atoms with Gasteiger partial charge in [0.25, 0.3) is 11.8 Å². The molecule has 0 bridgehead atoms. The van der Waals surface area contributed by atoms with E-state index in [9.17, 15) is 18.0 Å². The van der Waals surface area contributed by atoms with Gasteiger partial charge in [0.2, 0.25) is 10.0 Å². The first kappa shape index (κ1) is 21.4. The van der Waals surface area contributed by atoms with E-state index in [-0.39, 0.29) is 10.8 Å². The van der Waals surface area contributed by atoms with E-state index in [0.29, 0.717) is 16.1 Å². The van der Waals surface area contributed by atoms with E-state index >= 15 is 0 Å². The number of hydrogen-bond acceptors (Lipinski definition) is 6. The molecule has 2 aromatic rings. The monoisotopic (exact) mass is 436 g/mol. The van der Waals surface area contributed by atoms with Gasteiger partial charge in [-0.15, -0.1) is 11.3 Å². The molecule has 0 aliphatic carbocycles. The predicted octanol–water partition coefficient (Wildman–Crippen LogP) is 1.60. The number of hydrogen-bond donors (Lipinski definition) is 2. The average Bonchev–Trinajstić information content (AvgIpc) is 3.04. The molecule has 10 heteroatoms. The summed E-state index contributed by atoms with van der Waals surface area (Å²) in [5.74, 6) is -0.620. The van der Waals surface area contributed by atoms with Gasteiger partial charge in [-0.25, -0.2) is 12.7 Å². The molecule has 156 valence electrons. The lowest BCUT2D eigenvalue weighted by atomic mass is 10.0. The van der Waals surface area contributed by atoms with Gasteiger partial charge in [-0.05, 0) is 43.3 Å². The maximum Gasteiger partial charge on any atom is 0.256 e. The van der Waals surface area contributed by atoms with Crippen LogP contribution in [0.2, 0.25) is 0 Å². The van der Waals surface area contributed by atoms with Crippen LogP contribution < -0.4 is 10.6 Å². The summed E-state index contributed by atoms with van der Waals surface area (Å²) < 4.78 is 25.5. The number of benzene rings is 1. The molecule has 1 aliphatic heterocycles. The molecule has 0 atom stereocenters. The van der Waals surface area contributed by atoms with Gasteiger partial charge in [-0.3, -0.25) is 9.59 Å². The lowest BCUT2D eigenvalue weighted by Gasteiger charge is -2.22. The van der Waals surface area contributed by atoms with Crippen molar-refractivity contribution >= 4 is 38.2 Å². The number of sulfonamides is 1. The van der Waals surface area contributed by atoms with Crippen LogP contribution in [-0.2, 0) is 23.0 Å². The maximum atomic E-state index is 12.7. The summed E-state index contributed by atoms with van der Waals surface area (Å²) in [5, 5.41) is 6.00. The van der Waals surface area contributed by atoms with Crippen molar-refractivity contribution in [1.29, 1.82) is 0 Å². The molecule has 8 nitrogen and oxygen atoms in total. The normalized spacial score (nSPS) is 14.5. The van der Waals surface area contributed by atoms with Gasteiger partial charge in [-0.2, -0.15) is 0 Å². The quantitative estimate of drug-likeness (QED) is 0.742. The molecule has 0 saturated heterocycles. The minimum atomic E-state index is -3.56. The summed E-state index contributed by atoms with van der Waals surface area (Å²) >= 11 is 1.41. The highest BCUT2D eigenvalue weighted by Gasteiger charge is 2.27. The van der Waals surface area contributed by atoms with Crippen molar-refractivity contribution in [2.45, 2.75) is 17.9 Å². The number of nitrogens with one attached hydrogen (secondary N) is 2. The van der Waals surface area contributed by atoms with Crippen molar-refractivity contribution < 1.29 is 18.0 Å². The topological polar surface area (TPSA) is 98.8 Å². The van der Waals surface area contributed by atoms with Crippen LogP contribution in [0.4, 0.5) is 5.00 Å². The van der Waals surface area contributed by atoms with Gasteiger partial charge >= 0.3 is 0 Å². The van der Waals surface area contributed by atoms with E-state index in [2.05, 4.69) is 15.5 Å². The maximum absolute atomic E-state index is 12.7. The Morgan fingerprint density at radius 2 is 1.79 bits per heavy atom. The Labute approximate surface area is 174 Å². The first-order valence-electron chi connectivity index (χ1n) is 9.04. The largest absolute Gasteiger partial charge is 0.355 e. The molecule has 2 heterocycles. The molecule has 29 heavy (non-hydrogen) atoms. The van der Waals surface area contributed by atoms with Crippen molar-refractivity contribution in [2.24, 2.45) is 0 Å². The van der Waals surface area contributed by atoms with Gasteiger partial charge in [-0.1, -0.05) is 0 Å². The number of likely N-dealkylation sites (N-methyl/N-ethyl adjacent to an activating group) is 1. The van der Waals surface area contributed by atoms with Crippen molar-refractivity contribution in [1.82, 2.24) is 14.5 Å². The molecule has 0 fully saturated rings. The number of carbonyl (C=O) groups excluding carboxylic acids is 2. The lowest BCUT2D eigenvalue weighted by molar-refractivity contribution is 0.0963. The second-order valence-corrected chi connectivity index (χ2v) is 10.3. The van der Waals surface area contributed by atoms with E-state index in [1.165, 1.54) is 49.7 Å². The third-order valence-electron chi connectivity index (χ3n) is 4.82. The summed E-state index contributed by atoms with van der Waals surface area (Å²) in [6.07, 6.45) is 0.748. The summed E-state index contributed by atoms with van der Waals surface area (Å²) in [5.41, 5.74) is 1.81. The molecule has 0 unspecified atom stereocenters. The van der Waals surface area contributed by atoms with Crippen molar-refractivity contribution in [3.63, 3.8) is 0 Å². The van der Waals surface area contributed by atoms with Gasteiger partial charge in [0.05, 0.1) is 10.5 Å². The summed E-state index contributed by atoms with van der Waals surface area (Å²) in [6.45, 7) is 1.58. The fourth-order valence-electron chi connectivity index (χ4n) is 3.15. The lowest BCUT2D eigenvalue weighted by Crippen LogP contribution is -2.28. The Morgan fingerprint density at radius 1 is 1.14 bits per heavy atom. The minimum Gasteiger partial charge on any atom is -0.355 e. The SMILES string of the molecule is CNC(=O)c1c(NC(=O)c2ccc(S(=O)(=O)N(C)C)cc2)sc2c1CCN(C)C2. The fraction of sp³-hybridized carbons (Fsp3) is 0.368. The Morgan fingerprint density at radius 3 is 2.38 bits per heavy atom. The third kappa shape index (κ3) is 4.20. The van der Waals surface area contributed by atoms with Crippen LogP contribution >= 0.6 is 11.3 Å². The zero-order valence-corrected chi connectivity index (χ0v) is 18.4. The highest BCUT2D eigenvalue weighted by molar-refractivity contribution is 7.89. The van der Waals surface area contributed by atoms with E-state index < -0.39 is 15.9 Å². The molecule has 1 aromatic heterocycles. The summed E-state index contributed by atoms with van der Waals surface area (Å²) in [7, 11) is 2.92. The van der Waals surface area contributed by atoms with Gasteiger partial charge in [0.15, 0.2) is 0 Å². The zero-order valence-electron chi connectivity index (χ0n) is 16.8. The minimum absolute atomic E-state index is 0.111. The molecule has 2 amide bonds. The average molecular weight is 437 g/mol. The molecular formula is C19H24N4O4S2. The molecule has 0 saturated carbocycles. The molecular weight excluding hydrogens is 412 g/mol. The smallest absolute Gasteiger partial charge is 0.256 e. The molecule has 3 rings (SSSR count). The van der Waals surface area contributed by atoms with Crippen molar-refractivity contribution in [3.8, 4) is 0 Å². The number of nitrogens with zero attached hydrogens (tertiary/aromatic N) is 2. The van der Waals surface area contributed by atoms with Gasteiger partial charge < -0.3 is 15.5 Å². The number of amides is 2. The molecule has 0 radical (unpaired) electrons. The van der Waals surface area contributed by atoms with E-state index in [1.807, 2.05) is 7.05 Å².